The summed E-state index contributed by atoms with van der Waals surface area (Å²) in [5.74, 6) is 0. The Morgan fingerprint density at radius 3 is 2.32 bits per heavy atom. The molecule has 0 aliphatic carbocycles. The quantitative estimate of drug-likeness (QED) is 0.765. The van der Waals surface area contributed by atoms with Crippen LogP contribution in [0.15, 0.2) is 77.9 Å². The van der Waals surface area contributed by atoms with Gasteiger partial charge in [0, 0.05) is 13.1 Å². The first-order chi connectivity index (χ1) is 10.5. The van der Waals surface area contributed by atoms with Gasteiger partial charge in [0.15, 0.2) is 0 Å². The second kappa shape index (κ2) is 7.23. The molecule has 0 saturated carbocycles. The largest absolute Gasteiger partial charge is 0.243 e. The van der Waals surface area contributed by atoms with Crippen molar-refractivity contribution in [1.82, 2.24) is 4.31 Å². The minimum atomic E-state index is -3.55. The van der Waals surface area contributed by atoms with Crippen molar-refractivity contribution < 1.29 is 8.42 Å². The summed E-state index contributed by atoms with van der Waals surface area (Å²) in [7, 11) is -3.55. The molecular formula is C18H19NO2S. The molecule has 2 aromatic carbocycles. The summed E-state index contributed by atoms with van der Waals surface area (Å²) in [5.41, 5.74) is 4.60. The number of sulfonamides is 1. The maximum atomic E-state index is 12.8. The molecule has 2 rings (SSSR count). The van der Waals surface area contributed by atoms with E-state index in [9.17, 15) is 8.42 Å². The zero-order valence-electron chi connectivity index (χ0n) is 12.6. The lowest BCUT2D eigenvalue weighted by Gasteiger charge is -2.20. The van der Waals surface area contributed by atoms with Crippen molar-refractivity contribution in [3.63, 3.8) is 0 Å². The van der Waals surface area contributed by atoms with Crippen LogP contribution >= 0.6 is 0 Å². The molecule has 0 atom stereocenters. The number of nitrogens with zero attached hydrogens (tertiary/aromatic N) is 1. The Hall–Kier alpha value is -2.13. The predicted molar refractivity (Wildman–Crippen MR) is 88.9 cm³/mol. The molecule has 0 saturated heterocycles. The van der Waals surface area contributed by atoms with E-state index in [-0.39, 0.29) is 6.54 Å². The van der Waals surface area contributed by atoms with Crippen LogP contribution in [-0.2, 0) is 16.6 Å². The van der Waals surface area contributed by atoms with Crippen molar-refractivity contribution in [3.8, 4) is 0 Å². The molecule has 0 fully saturated rings. The molecule has 0 aromatic heterocycles. The number of hydrogen-bond acceptors (Lipinski definition) is 2. The van der Waals surface area contributed by atoms with E-state index in [4.69, 9.17) is 0 Å². The summed E-state index contributed by atoms with van der Waals surface area (Å²) in [5, 5.41) is 0. The van der Waals surface area contributed by atoms with E-state index < -0.39 is 10.0 Å². The van der Waals surface area contributed by atoms with Crippen LogP contribution in [0.25, 0.3) is 0 Å². The molecule has 0 spiro atoms. The van der Waals surface area contributed by atoms with E-state index >= 15 is 0 Å². The topological polar surface area (TPSA) is 37.4 Å². The van der Waals surface area contributed by atoms with Crippen molar-refractivity contribution in [2.24, 2.45) is 0 Å². The van der Waals surface area contributed by atoms with E-state index in [0.29, 0.717) is 11.4 Å². The molecule has 2 aromatic rings. The average molecular weight is 313 g/mol. The van der Waals surface area contributed by atoms with Crippen LogP contribution in [-0.4, -0.2) is 19.3 Å². The number of hydrogen-bond donors (Lipinski definition) is 0. The molecule has 22 heavy (non-hydrogen) atoms. The average Bonchev–Trinajstić information content (AvgIpc) is 2.52. The smallest absolute Gasteiger partial charge is 0.207 e. The lowest BCUT2D eigenvalue weighted by atomic mass is 10.2. The van der Waals surface area contributed by atoms with Gasteiger partial charge in [-0.3, -0.25) is 0 Å². The maximum absolute atomic E-state index is 12.8. The van der Waals surface area contributed by atoms with Crippen LogP contribution in [0.2, 0.25) is 0 Å². The number of benzene rings is 2. The minimum absolute atomic E-state index is 0.245. The lowest BCUT2D eigenvalue weighted by molar-refractivity contribution is 0.438. The SMILES string of the molecule is C=C=CCN(Cc1ccccc1)S(=O)(=O)c1ccc(C)cc1. The van der Waals surface area contributed by atoms with Crippen LogP contribution < -0.4 is 0 Å². The van der Waals surface area contributed by atoms with Crippen molar-refractivity contribution in [3.05, 3.63) is 84.1 Å². The Morgan fingerprint density at radius 2 is 1.73 bits per heavy atom. The molecule has 0 N–H and O–H groups in total. The second-order valence-electron chi connectivity index (χ2n) is 5.00. The first kappa shape index (κ1) is 16.2. The van der Waals surface area contributed by atoms with Gasteiger partial charge < -0.3 is 0 Å². The van der Waals surface area contributed by atoms with E-state index in [1.54, 1.807) is 30.3 Å². The van der Waals surface area contributed by atoms with Gasteiger partial charge in [-0.05, 0) is 30.7 Å². The highest BCUT2D eigenvalue weighted by atomic mass is 32.2. The van der Waals surface area contributed by atoms with Gasteiger partial charge in [-0.25, -0.2) is 8.42 Å². The van der Waals surface area contributed by atoms with Crippen molar-refractivity contribution >= 4 is 10.0 Å². The zero-order chi connectivity index (χ0) is 16.0. The molecule has 0 radical (unpaired) electrons. The third-order valence-electron chi connectivity index (χ3n) is 3.30. The van der Waals surface area contributed by atoms with E-state index in [1.807, 2.05) is 37.3 Å². The first-order valence-corrected chi connectivity index (χ1v) is 8.43. The highest BCUT2D eigenvalue weighted by molar-refractivity contribution is 7.89. The summed E-state index contributed by atoms with van der Waals surface area (Å²) < 4.78 is 27.0. The van der Waals surface area contributed by atoms with Gasteiger partial charge in [0.25, 0.3) is 0 Å². The Morgan fingerprint density at radius 1 is 1.09 bits per heavy atom. The number of rotatable bonds is 6. The van der Waals surface area contributed by atoms with Gasteiger partial charge in [-0.2, -0.15) is 4.31 Å². The molecule has 0 amide bonds. The van der Waals surface area contributed by atoms with Gasteiger partial charge in [-0.15, -0.1) is 5.73 Å². The van der Waals surface area contributed by atoms with E-state index in [1.165, 1.54) is 4.31 Å². The van der Waals surface area contributed by atoms with Gasteiger partial charge in [0.2, 0.25) is 10.0 Å². The molecule has 4 heteroatoms. The van der Waals surface area contributed by atoms with E-state index in [2.05, 4.69) is 12.3 Å². The predicted octanol–water partition coefficient (Wildman–Crippen LogP) is 3.53. The fourth-order valence-corrected chi connectivity index (χ4v) is 3.43. The Kier molecular flexibility index (Phi) is 5.34. The molecular weight excluding hydrogens is 294 g/mol. The molecule has 114 valence electrons. The Labute approximate surface area is 132 Å². The van der Waals surface area contributed by atoms with Crippen molar-refractivity contribution in [1.29, 1.82) is 0 Å². The molecule has 0 heterocycles. The second-order valence-corrected chi connectivity index (χ2v) is 6.94. The van der Waals surface area contributed by atoms with Crippen LogP contribution in [0.1, 0.15) is 11.1 Å². The molecule has 0 aliphatic rings. The molecule has 0 bridgehead atoms. The summed E-state index contributed by atoms with van der Waals surface area (Å²) in [4.78, 5) is 0.298. The fourth-order valence-electron chi connectivity index (χ4n) is 2.06. The van der Waals surface area contributed by atoms with Gasteiger partial charge in [-0.1, -0.05) is 54.6 Å². The monoisotopic (exact) mass is 313 g/mol. The molecule has 0 unspecified atom stereocenters. The fraction of sp³-hybridized carbons (Fsp3) is 0.167. The third-order valence-corrected chi connectivity index (χ3v) is 5.13. The Balaban J connectivity index is 2.34. The van der Waals surface area contributed by atoms with Crippen LogP contribution in [0, 0.1) is 6.92 Å². The standard InChI is InChI=1S/C18H19NO2S/c1-3-4-14-19(15-17-8-6-5-7-9-17)22(20,21)18-12-10-16(2)11-13-18/h4-13H,1,14-15H2,2H3. The zero-order valence-corrected chi connectivity index (χ0v) is 13.4. The van der Waals surface area contributed by atoms with Crippen molar-refractivity contribution in [2.45, 2.75) is 18.4 Å². The van der Waals surface area contributed by atoms with Crippen LogP contribution in [0.3, 0.4) is 0 Å². The summed E-state index contributed by atoms with van der Waals surface area (Å²) in [6.07, 6.45) is 1.62. The molecule has 0 aliphatic heterocycles. The normalized spacial score (nSPS) is 11.2. The summed E-state index contributed by atoms with van der Waals surface area (Å²) >= 11 is 0. The molecule has 3 nitrogen and oxygen atoms in total. The third kappa shape index (κ3) is 3.95. The maximum Gasteiger partial charge on any atom is 0.243 e. The van der Waals surface area contributed by atoms with Crippen molar-refractivity contribution in [2.75, 3.05) is 6.54 Å². The van der Waals surface area contributed by atoms with E-state index in [0.717, 1.165) is 11.1 Å². The van der Waals surface area contributed by atoms with Gasteiger partial charge in [0.05, 0.1) is 4.90 Å². The van der Waals surface area contributed by atoms with Gasteiger partial charge in [0.1, 0.15) is 0 Å². The van der Waals surface area contributed by atoms with Crippen LogP contribution in [0.4, 0.5) is 0 Å². The van der Waals surface area contributed by atoms with Gasteiger partial charge >= 0.3 is 0 Å². The summed E-state index contributed by atoms with van der Waals surface area (Å²) in [6.45, 7) is 5.99. The van der Waals surface area contributed by atoms with Crippen LogP contribution in [0.5, 0.6) is 0 Å². The lowest BCUT2D eigenvalue weighted by Crippen LogP contribution is -2.30. The summed E-state index contributed by atoms with van der Waals surface area (Å²) in [6, 6.07) is 16.4. The Bertz CT molecular complexity index is 758. The number of aryl methyl sites for hydroxylation is 1. The highest BCUT2D eigenvalue weighted by Crippen LogP contribution is 2.19. The minimum Gasteiger partial charge on any atom is -0.207 e. The first-order valence-electron chi connectivity index (χ1n) is 6.99. The highest BCUT2D eigenvalue weighted by Gasteiger charge is 2.23.